The summed E-state index contributed by atoms with van der Waals surface area (Å²) < 4.78 is 35.1. The van der Waals surface area contributed by atoms with Crippen LogP contribution in [0.2, 0.25) is 0 Å². The fraction of sp³-hybridized carbons (Fsp3) is 1.00. The van der Waals surface area contributed by atoms with Crippen LogP contribution in [0.5, 0.6) is 0 Å². The predicted octanol–water partition coefficient (Wildman–Crippen LogP) is 1.16. The van der Waals surface area contributed by atoms with Crippen molar-refractivity contribution in [1.82, 2.24) is 5.32 Å². The molecule has 0 amide bonds. The third-order valence-electron chi connectivity index (χ3n) is 0.698. The van der Waals surface area contributed by atoms with Crippen molar-refractivity contribution in [1.29, 1.82) is 0 Å². The maximum Gasteiger partial charge on any atom is 0.289 e. The van der Waals surface area contributed by atoms with E-state index in [0.717, 1.165) is 7.05 Å². The number of alkyl halides is 3. The van der Waals surface area contributed by atoms with Gasteiger partial charge in [-0.15, -0.1) is 0 Å². The maximum absolute atomic E-state index is 11.8. The molecule has 0 heterocycles. The Morgan fingerprint density at radius 1 is 1.50 bits per heavy atom. The van der Waals surface area contributed by atoms with Gasteiger partial charge < -0.3 is 0 Å². The molecule has 0 saturated carbocycles. The van der Waals surface area contributed by atoms with E-state index < -0.39 is 12.2 Å². The first-order valence-electron chi connectivity index (χ1n) is 2.17. The molecule has 8 heavy (non-hydrogen) atoms. The van der Waals surface area contributed by atoms with Crippen LogP contribution in [0, 0.1) is 0 Å². The summed E-state index contributed by atoms with van der Waals surface area (Å²) in [6.07, 6.45) is -2.23. The summed E-state index contributed by atoms with van der Waals surface area (Å²) in [5.74, 6) is -3.27. The van der Waals surface area contributed by atoms with E-state index in [1.165, 1.54) is 0 Å². The molecule has 0 radical (unpaired) electrons. The summed E-state index contributed by atoms with van der Waals surface area (Å²) in [6, 6.07) is 0. The quantitative estimate of drug-likeness (QED) is 0.549. The second-order valence-corrected chi connectivity index (χ2v) is 1.61. The van der Waals surface area contributed by atoms with Crippen LogP contribution >= 0.6 is 0 Å². The van der Waals surface area contributed by atoms with Crippen LogP contribution < -0.4 is 5.32 Å². The Bertz CT molecular complexity index is 68.2. The van der Waals surface area contributed by atoms with Crippen LogP contribution in [-0.2, 0) is 0 Å². The third kappa shape index (κ3) is 2.16. The van der Waals surface area contributed by atoms with Gasteiger partial charge in [0.2, 0.25) is 6.30 Å². The Morgan fingerprint density at radius 2 is 1.88 bits per heavy atom. The Hall–Kier alpha value is -0.250. The van der Waals surface area contributed by atoms with Gasteiger partial charge in [-0.05, 0) is 7.05 Å². The molecule has 0 bridgehead atoms. The van der Waals surface area contributed by atoms with E-state index >= 15 is 0 Å². The zero-order valence-electron chi connectivity index (χ0n) is 4.71. The molecule has 0 aliphatic heterocycles. The van der Waals surface area contributed by atoms with Crippen LogP contribution in [0.3, 0.4) is 0 Å². The smallest absolute Gasteiger partial charge is 0.286 e. The number of nitrogens with one attached hydrogen (secondary N) is 1. The van der Waals surface area contributed by atoms with Gasteiger partial charge in [-0.25, -0.2) is 13.2 Å². The summed E-state index contributed by atoms with van der Waals surface area (Å²) in [5, 5.41) is 1.79. The molecule has 0 aromatic heterocycles. The molecule has 0 spiro atoms. The van der Waals surface area contributed by atoms with E-state index in [1.807, 2.05) is 0 Å². The lowest BCUT2D eigenvalue weighted by molar-refractivity contribution is -0.0656. The van der Waals surface area contributed by atoms with Crippen molar-refractivity contribution < 1.29 is 13.2 Å². The van der Waals surface area contributed by atoms with Gasteiger partial charge in [0.05, 0.1) is 0 Å². The minimum atomic E-state index is -3.27. The Balaban J connectivity index is 3.62. The van der Waals surface area contributed by atoms with Crippen molar-refractivity contribution in [3.05, 3.63) is 0 Å². The van der Waals surface area contributed by atoms with Gasteiger partial charge >= 0.3 is 0 Å². The molecule has 50 valence electrons. The van der Waals surface area contributed by atoms with Gasteiger partial charge in [-0.3, -0.25) is 5.32 Å². The Kier molecular flexibility index (Phi) is 2.27. The van der Waals surface area contributed by atoms with Crippen molar-refractivity contribution in [2.45, 2.75) is 19.1 Å². The summed E-state index contributed by atoms with van der Waals surface area (Å²) in [5.41, 5.74) is 0. The first kappa shape index (κ1) is 7.75. The van der Waals surface area contributed by atoms with Crippen molar-refractivity contribution in [3.63, 3.8) is 0 Å². The van der Waals surface area contributed by atoms with Gasteiger partial charge in [0.1, 0.15) is 0 Å². The summed E-state index contributed by atoms with van der Waals surface area (Å²) in [7, 11) is 1.14. The Morgan fingerprint density at radius 3 is 1.88 bits per heavy atom. The molecule has 0 aliphatic carbocycles. The molecule has 0 saturated heterocycles. The van der Waals surface area contributed by atoms with E-state index in [2.05, 4.69) is 0 Å². The molecule has 1 nitrogen and oxygen atoms in total. The fourth-order valence-electron chi connectivity index (χ4n) is 0.253. The topological polar surface area (TPSA) is 12.0 Å². The molecule has 0 aromatic rings. The van der Waals surface area contributed by atoms with E-state index in [1.54, 1.807) is 5.32 Å². The zero-order valence-corrected chi connectivity index (χ0v) is 4.71. The zero-order chi connectivity index (χ0) is 6.78. The number of halogens is 3. The standard InChI is InChI=1S/C4H8F3N/c1-4(6,7)3(5)8-2/h3,8H,1-2H3. The molecule has 1 atom stereocenters. The first-order valence-corrected chi connectivity index (χ1v) is 2.17. The van der Waals surface area contributed by atoms with Gasteiger partial charge in [0.15, 0.2) is 0 Å². The fourth-order valence-corrected chi connectivity index (χ4v) is 0.253. The van der Waals surface area contributed by atoms with Crippen LogP contribution in [0.25, 0.3) is 0 Å². The van der Waals surface area contributed by atoms with Crippen molar-refractivity contribution in [2.75, 3.05) is 7.05 Å². The molecule has 4 heteroatoms. The molecule has 0 rings (SSSR count). The molecular formula is C4H8F3N. The average Bonchev–Trinajstić information content (AvgIpc) is 1.62. The van der Waals surface area contributed by atoms with Crippen LogP contribution in [-0.4, -0.2) is 19.3 Å². The van der Waals surface area contributed by atoms with Crippen LogP contribution in [0.4, 0.5) is 13.2 Å². The maximum atomic E-state index is 11.8. The third-order valence-corrected chi connectivity index (χ3v) is 0.698. The van der Waals surface area contributed by atoms with E-state index in [9.17, 15) is 13.2 Å². The Labute approximate surface area is 45.9 Å². The highest BCUT2D eigenvalue weighted by atomic mass is 19.3. The highest BCUT2D eigenvalue weighted by Gasteiger charge is 2.32. The summed E-state index contributed by atoms with van der Waals surface area (Å²) in [4.78, 5) is 0. The lowest BCUT2D eigenvalue weighted by atomic mass is 10.4. The van der Waals surface area contributed by atoms with E-state index in [0.29, 0.717) is 6.92 Å². The van der Waals surface area contributed by atoms with Crippen molar-refractivity contribution in [3.8, 4) is 0 Å². The molecule has 1 unspecified atom stereocenters. The molecule has 0 fully saturated rings. The number of hydrogen-bond acceptors (Lipinski definition) is 1. The lowest BCUT2D eigenvalue weighted by Crippen LogP contribution is -2.36. The van der Waals surface area contributed by atoms with Crippen molar-refractivity contribution in [2.24, 2.45) is 0 Å². The molecule has 0 aliphatic rings. The highest BCUT2D eigenvalue weighted by molar-refractivity contribution is 4.65. The van der Waals surface area contributed by atoms with Gasteiger partial charge in [0.25, 0.3) is 5.92 Å². The summed E-state index contributed by atoms with van der Waals surface area (Å²) >= 11 is 0. The minimum Gasteiger partial charge on any atom is -0.286 e. The van der Waals surface area contributed by atoms with E-state index in [-0.39, 0.29) is 0 Å². The van der Waals surface area contributed by atoms with Gasteiger partial charge in [-0.2, -0.15) is 0 Å². The monoisotopic (exact) mass is 127 g/mol. The average molecular weight is 127 g/mol. The largest absolute Gasteiger partial charge is 0.289 e. The minimum absolute atomic E-state index is 0.522. The van der Waals surface area contributed by atoms with E-state index in [4.69, 9.17) is 0 Å². The highest BCUT2D eigenvalue weighted by Crippen LogP contribution is 2.16. The SMILES string of the molecule is CNC(F)C(C)(F)F. The number of rotatable bonds is 2. The molecular weight excluding hydrogens is 119 g/mol. The van der Waals surface area contributed by atoms with Gasteiger partial charge in [0, 0.05) is 6.92 Å². The lowest BCUT2D eigenvalue weighted by Gasteiger charge is -2.13. The van der Waals surface area contributed by atoms with Crippen LogP contribution in [0.15, 0.2) is 0 Å². The van der Waals surface area contributed by atoms with Crippen molar-refractivity contribution >= 4 is 0 Å². The first-order chi connectivity index (χ1) is 3.48. The summed E-state index contributed by atoms with van der Waals surface area (Å²) in [6.45, 7) is 0.522. The molecule has 1 N–H and O–H groups in total. The second kappa shape index (κ2) is 2.35. The molecule has 0 aromatic carbocycles. The second-order valence-electron chi connectivity index (χ2n) is 1.61. The van der Waals surface area contributed by atoms with Gasteiger partial charge in [-0.1, -0.05) is 0 Å². The van der Waals surface area contributed by atoms with Crippen LogP contribution in [0.1, 0.15) is 6.92 Å². The normalized spacial score (nSPS) is 16.1. The predicted molar refractivity (Wildman–Crippen MR) is 24.6 cm³/mol. The number of hydrogen-bond donors (Lipinski definition) is 1.